The molecule has 0 heterocycles. The van der Waals surface area contributed by atoms with Crippen LogP contribution in [0.5, 0.6) is 0 Å². The first-order chi connectivity index (χ1) is 12.4. The minimum atomic E-state index is -0.730. The van der Waals surface area contributed by atoms with Gasteiger partial charge in [-0.3, -0.25) is 0 Å². The second-order valence-electron chi connectivity index (χ2n) is 9.03. The Morgan fingerprint density at radius 3 is 0.926 bits per heavy atom. The third kappa shape index (κ3) is 4.09. The molecule has 0 amide bonds. The minimum Gasteiger partial charge on any atom is -0.0623 e. The second-order valence-corrected chi connectivity index (χ2v) is 12.1. The van der Waals surface area contributed by atoms with Crippen LogP contribution in [0.1, 0.15) is 69.2 Å². The van der Waals surface area contributed by atoms with E-state index in [1.54, 1.807) is 40.0 Å². The summed E-state index contributed by atoms with van der Waals surface area (Å²) in [5.74, 6) is 0. The van der Waals surface area contributed by atoms with Crippen LogP contribution in [-0.4, -0.2) is 0 Å². The van der Waals surface area contributed by atoms with Crippen molar-refractivity contribution in [2.24, 2.45) is 10.8 Å². The summed E-state index contributed by atoms with van der Waals surface area (Å²) in [6.07, 6.45) is 0. The molecule has 0 unspecified atom stereocenters. The Balaban J connectivity index is 0.000000369. The third-order valence-electron chi connectivity index (χ3n) is 7.04. The van der Waals surface area contributed by atoms with E-state index in [4.69, 9.17) is 0 Å². The first kappa shape index (κ1) is 22.4. The van der Waals surface area contributed by atoms with Crippen LogP contribution in [0, 0.1) is 10.8 Å². The fourth-order valence-corrected chi connectivity index (χ4v) is 9.11. The Morgan fingerprint density at radius 1 is 0.481 bits per heavy atom. The van der Waals surface area contributed by atoms with Crippen molar-refractivity contribution in [1.29, 1.82) is 0 Å². The van der Waals surface area contributed by atoms with E-state index in [1.165, 1.54) is 0 Å². The van der Waals surface area contributed by atoms with Gasteiger partial charge >= 0.3 is 143 Å². The van der Waals surface area contributed by atoms with Gasteiger partial charge in [0.1, 0.15) is 0 Å². The van der Waals surface area contributed by atoms with E-state index in [9.17, 15) is 0 Å². The molecule has 0 saturated carbocycles. The molecule has 1 aromatic carbocycles. The first-order valence-electron chi connectivity index (χ1n) is 10.0. The van der Waals surface area contributed by atoms with Crippen LogP contribution in [0.15, 0.2) is 76.4 Å². The largest absolute Gasteiger partial charge is 0.0623 e. The molecule has 0 N–H and O–H groups in total. The van der Waals surface area contributed by atoms with Gasteiger partial charge in [-0.2, -0.15) is 0 Å². The Bertz CT molecular complexity index is 757. The van der Waals surface area contributed by atoms with Crippen molar-refractivity contribution in [3.8, 4) is 0 Å². The Morgan fingerprint density at radius 2 is 0.741 bits per heavy atom. The predicted octanol–water partition coefficient (Wildman–Crippen LogP) is 8.06. The van der Waals surface area contributed by atoms with E-state index < -0.39 is 23.2 Å². The van der Waals surface area contributed by atoms with Crippen molar-refractivity contribution in [3.63, 3.8) is 0 Å². The maximum atomic E-state index is 2.43. The van der Waals surface area contributed by atoms with Crippen LogP contribution in [0.25, 0.3) is 0 Å². The molecule has 0 atom stereocenters. The Hall–Kier alpha value is -0.937. The smallest absolute Gasteiger partial charge is 0.0623 e. The zero-order valence-corrected chi connectivity index (χ0v) is 21.4. The molecular weight excluding hydrogens is 404 g/mol. The zero-order chi connectivity index (χ0) is 20.6. The van der Waals surface area contributed by atoms with Crippen molar-refractivity contribution in [2.45, 2.75) is 69.2 Å². The fourth-order valence-electron chi connectivity index (χ4n) is 4.20. The van der Waals surface area contributed by atoms with Crippen molar-refractivity contribution in [1.82, 2.24) is 0 Å². The van der Waals surface area contributed by atoms with E-state index >= 15 is 0 Å². The average Bonchev–Trinajstić information content (AvgIpc) is 2.88. The second kappa shape index (κ2) is 8.20. The summed E-state index contributed by atoms with van der Waals surface area (Å²) in [5.41, 5.74) is 10.0. The molecule has 2 aliphatic rings. The van der Waals surface area contributed by atoms with Crippen molar-refractivity contribution in [2.75, 3.05) is 0 Å². The Kier molecular flexibility index (Phi) is 6.79. The van der Waals surface area contributed by atoms with Gasteiger partial charge in [0.2, 0.25) is 0 Å². The molecule has 2 aliphatic carbocycles. The van der Waals surface area contributed by atoms with Crippen molar-refractivity contribution >= 4 is 0 Å². The number of hydrogen-bond acceptors (Lipinski definition) is 0. The van der Waals surface area contributed by atoms with Gasteiger partial charge in [-0.15, -0.1) is 0 Å². The maximum absolute atomic E-state index is 2.43. The molecular formula is C26H36Zr. The monoisotopic (exact) mass is 438 g/mol. The van der Waals surface area contributed by atoms with Gasteiger partial charge < -0.3 is 0 Å². The van der Waals surface area contributed by atoms with Crippen molar-refractivity contribution < 1.29 is 23.2 Å². The van der Waals surface area contributed by atoms with Gasteiger partial charge in [0.15, 0.2) is 0 Å². The standard InChI is InChI=1S/2C10H15.C6H6.Zr/c2*1-7-6-10(4,5)9(3)8(7)2;1-2-4-6-5-3-1;/h2*1-5H3;1-6H;. The Labute approximate surface area is 179 Å². The van der Waals surface area contributed by atoms with Crippen LogP contribution in [0.2, 0.25) is 0 Å². The molecule has 0 spiro atoms. The molecule has 3 rings (SSSR count). The van der Waals surface area contributed by atoms with Gasteiger partial charge in [0.25, 0.3) is 0 Å². The summed E-state index contributed by atoms with van der Waals surface area (Å²) < 4.78 is 3.59. The molecule has 0 nitrogen and oxygen atoms in total. The molecule has 144 valence electrons. The van der Waals surface area contributed by atoms with Gasteiger partial charge in [-0.05, 0) is 0 Å². The molecule has 0 radical (unpaired) electrons. The summed E-state index contributed by atoms with van der Waals surface area (Å²) in [7, 11) is 0. The molecule has 0 fully saturated rings. The summed E-state index contributed by atoms with van der Waals surface area (Å²) >= 11 is -0.730. The normalized spacial score (nSPS) is 21.0. The summed E-state index contributed by atoms with van der Waals surface area (Å²) in [5, 5.41) is 0. The third-order valence-corrected chi connectivity index (χ3v) is 13.2. The maximum Gasteiger partial charge on any atom is -0.0623 e. The topological polar surface area (TPSA) is 0 Å². The van der Waals surface area contributed by atoms with Gasteiger partial charge in [0, 0.05) is 0 Å². The van der Waals surface area contributed by atoms with E-state index in [1.807, 2.05) is 36.4 Å². The molecule has 0 aromatic heterocycles. The number of benzene rings is 1. The first-order valence-corrected chi connectivity index (χ1v) is 12.5. The minimum absolute atomic E-state index is 0.286. The van der Waals surface area contributed by atoms with Crippen LogP contribution < -0.4 is 0 Å². The van der Waals surface area contributed by atoms with Crippen LogP contribution >= 0.6 is 0 Å². The number of rotatable bonds is 2. The van der Waals surface area contributed by atoms with Gasteiger partial charge in [-0.25, -0.2) is 0 Å². The molecule has 27 heavy (non-hydrogen) atoms. The van der Waals surface area contributed by atoms with Crippen molar-refractivity contribution in [3.05, 3.63) is 76.4 Å². The number of hydrogen-bond donors (Lipinski definition) is 0. The van der Waals surface area contributed by atoms with Crippen LogP contribution in [0.3, 0.4) is 0 Å². The number of allylic oxidation sites excluding steroid dienone is 8. The van der Waals surface area contributed by atoms with Crippen LogP contribution in [0.4, 0.5) is 0 Å². The fraction of sp³-hybridized carbons (Fsp3) is 0.462. The van der Waals surface area contributed by atoms with Gasteiger partial charge in [0.05, 0.1) is 0 Å². The van der Waals surface area contributed by atoms with E-state index in [-0.39, 0.29) is 10.8 Å². The predicted molar refractivity (Wildman–Crippen MR) is 116 cm³/mol. The van der Waals surface area contributed by atoms with E-state index in [0.29, 0.717) is 0 Å². The molecule has 0 bridgehead atoms. The summed E-state index contributed by atoms with van der Waals surface area (Å²) in [6.45, 7) is 23.7. The van der Waals surface area contributed by atoms with E-state index in [2.05, 4.69) is 69.2 Å². The van der Waals surface area contributed by atoms with Crippen LogP contribution in [-0.2, 0) is 23.2 Å². The zero-order valence-electron chi connectivity index (χ0n) is 19.0. The molecule has 1 heteroatoms. The summed E-state index contributed by atoms with van der Waals surface area (Å²) in [4.78, 5) is 0. The van der Waals surface area contributed by atoms with E-state index in [0.717, 1.165) is 0 Å². The molecule has 1 aromatic rings. The van der Waals surface area contributed by atoms with Gasteiger partial charge in [-0.1, -0.05) is 36.4 Å². The molecule has 0 aliphatic heterocycles. The summed E-state index contributed by atoms with van der Waals surface area (Å²) in [6, 6.07) is 12.0. The quantitative estimate of drug-likeness (QED) is 0.437. The molecule has 0 saturated heterocycles. The SMILES string of the molecule is CC1=C(C)C(C)(C)[C]([Zr][C]2=C(C)C(C)=C(C)C2(C)C)=C1C.c1ccccc1. The average molecular weight is 440 g/mol.